The molecule has 0 radical (unpaired) electrons. The second-order valence-corrected chi connectivity index (χ2v) is 11.1. The number of para-hydroxylation sites is 2. The van der Waals surface area contributed by atoms with E-state index in [1.165, 1.54) is 32.6 Å². The lowest BCUT2D eigenvalue weighted by atomic mass is 10.0. The van der Waals surface area contributed by atoms with Crippen LogP contribution in [0.5, 0.6) is 0 Å². The molecule has 4 aromatic heterocycles. The van der Waals surface area contributed by atoms with Gasteiger partial charge in [-0.25, -0.2) is 4.98 Å². The lowest BCUT2D eigenvalue weighted by molar-refractivity contribution is 1.08. The monoisotopic (exact) mass is 562 g/mol. The fourth-order valence-electron chi connectivity index (χ4n) is 6.60. The van der Waals surface area contributed by atoms with E-state index in [0.717, 1.165) is 44.9 Å². The maximum atomic E-state index is 4.88. The molecule has 9 aromatic rings. The first-order valence-corrected chi connectivity index (χ1v) is 14.8. The SMILES string of the molecule is c1ccc(-c2ccc(-c3ccc4c5ccccc5n(-c5ccc6c7ccccc7n(-c7ccccn7)c6c5)c4c3)nc2)cc1. The molecule has 0 amide bonds. The molecule has 0 saturated heterocycles. The van der Waals surface area contributed by atoms with E-state index in [0.29, 0.717) is 0 Å². The molecule has 5 aromatic carbocycles. The first-order chi connectivity index (χ1) is 21.8. The van der Waals surface area contributed by atoms with E-state index in [4.69, 9.17) is 9.97 Å². The summed E-state index contributed by atoms with van der Waals surface area (Å²) < 4.78 is 4.65. The van der Waals surface area contributed by atoms with Crippen molar-refractivity contribution in [2.75, 3.05) is 0 Å². The van der Waals surface area contributed by atoms with Gasteiger partial charge in [0.1, 0.15) is 5.82 Å². The van der Waals surface area contributed by atoms with Crippen LogP contribution in [0.25, 0.3) is 77.5 Å². The minimum atomic E-state index is 0.908. The fraction of sp³-hybridized carbons (Fsp3) is 0. The molecule has 0 aliphatic rings. The van der Waals surface area contributed by atoms with Gasteiger partial charge in [-0.05, 0) is 54.1 Å². The molecular formula is C40H26N4. The third kappa shape index (κ3) is 3.78. The van der Waals surface area contributed by atoms with E-state index in [-0.39, 0.29) is 0 Å². The molecule has 9 rings (SSSR count). The predicted octanol–water partition coefficient (Wildman–Crippen LogP) is 10.0. The van der Waals surface area contributed by atoms with Crippen molar-refractivity contribution in [3.05, 3.63) is 158 Å². The molecule has 4 nitrogen and oxygen atoms in total. The Balaban J connectivity index is 1.26. The quantitative estimate of drug-likeness (QED) is 0.214. The van der Waals surface area contributed by atoms with E-state index >= 15 is 0 Å². The number of aromatic nitrogens is 4. The summed E-state index contributed by atoms with van der Waals surface area (Å²) in [5.41, 5.74) is 10.0. The van der Waals surface area contributed by atoms with Crippen LogP contribution in [0.15, 0.2) is 158 Å². The zero-order chi connectivity index (χ0) is 29.0. The summed E-state index contributed by atoms with van der Waals surface area (Å²) in [6.45, 7) is 0. The number of fused-ring (bicyclic) bond motifs is 6. The van der Waals surface area contributed by atoms with Crippen molar-refractivity contribution in [1.29, 1.82) is 0 Å². The van der Waals surface area contributed by atoms with Crippen LogP contribution in [0.1, 0.15) is 0 Å². The van der Waals surface area contributed by atoms with Crippen LogP contribution in [0.2, 0.25) is 0 Å². The van der Waals surface area contributed by atoms with Crippen LogP contribution in [0.3, 0.4) is 0 Å². The molecule has 44 heavy (non-hydrogen) atoms. The van der Waals surface area contributed by atoms with Gasteiger partial charge in [0.25, 0.3) is 0 Å². The summed E-state index contributed by atoms with van der Waals surface area (Å²) in [5, 5.41) is 4.87. The molecule has 0 spiro atoms. The molecule has 0 aliphatic carbocycles. The minimum absolute atomic E-state index is 0.908. The van der Waals surface area contributed by atoms with E-state index in [1.807, 2.05) is 30.6 Å². The largest absolute Gasteiger partial charge is 0.309 e. The van der Waals surface area contributed by atoms with Gasteiger partial charge in [0.2, 0.25) is 0 Å². The van der Waals surface area contributed by atoms with Gasteiger partial charge in [0.05, 0.1) is 27.8 Å². The molecule has 0 atom stereocenters. The number of rotatable bonds is 4. The van der Waals surface area contributed by atoms with Gasteiger partial charge < -0.3 is 4.57 Å². The second kappa shape index (κ2) is 9.79. The molecule has 4 heteroatoms. The van der Waals surface area contributed by atoms with Crippen LogP contribution in [0.4, 0.5) is 0 Å². The molecular weight excluding hydrogens is 536 g/mol. The average molecular weight is 563 g/mol. The Bertz CT molecular complexity index is 2470. The van der Waals surface area contributed by atoms with Crippen molar-refractivity contribution in [3.8, 4) is 33.9 Å². The minimum Gasteiger partial charge on any atom is -0.309 e. The lowest BCUT2D eigenvalue weighted by Crippen LogP contribution is -1.98. The summed E-state index contributed by atoms with van der Waals surface area (Å²) >= 11 is 0. The maximum absolute atomic E-state index is 4.88. The molecule has 4 heterocycles. The molecule has 0 N–H and O–H groups in total. The van der Waals surface area contributed by atoms with E-state index in [9.17, 15) is 0 Å². The van der Waals surface area contributed by atoms with E-state index in [1.54, 1.807) is 0 Å². The van der Waals surface area contributed by atoms with Gasteiger partial charge in [0, 0.05) is 50.8 Å². The van der Waals surface area contributed by atoms with Crippen molar-refractivity contribution in [2.45, 2.75) is 0 Å². The molecule has 0 fully saturated rings. The first-order valence-electron chi connectivity index (χ1n) is 14.8. The molecule has 0 unspecified atom stereocenters. The van der Waals surface area contributed by atoms with Crippen LogP contribution >= 0.6 is 0 Å². The van der Waals surface area contributed by atoms with Crippen molar-refractivity contribution in [3.63, 3.8) is 0 Å². The molecule has 0 bridgehead atoms. The Hall–Kier alpha value is -6.00. The Morgan fingerprint density at radius 3 is 1.75 bits per heavy atom. The summed E-state index contributed by atoms with van der Waals surface area (Å²) in [6, 6.07) is 51.4. The van der Waals surface area contributed by atoms with Crippen LogP contribution in [-0.2, 0) is 0 Å². The second-order valence-electron chi connectivity index (χ2n) is 11.1. The summed E-state index contributed by atoms with van der Waals surface area (Å²) in [6.07, 6.45) is 3.82. The highest BCUT2D eigenvalue weighted by Crippen LogP contribution is 2.37. The van der Waals surface area contributed by atoms with Gasteiger partial charge in [-0.3, -0.25) is 9.55 Å². The van der Waals surface area contributed by atoms with Gasteiger partial charge in [-0.2, -0.15) is 0 Å². The fourth-order valence-corrected chi connectivity index (χ4v) is 6.60. The number of hydrogen-bond donors (Lipinski definition) is 0. The summed E-state index contributed by atoms with van der Waals surface area (Å²) in [5.74, 6) is 0.908. The smallest absolute Gasteiger partial charge is 0.137 e. The Morgan fingerprint density at radius 1 is 0.386 bits per heavy atom. The highest BCUT2D eigenvalue weighted by atomic mass is 15.1. The van der Waals surface area contributed by atoms with Crippen LogP contribution in [0, 0.1) is 0 Å². The van der Waals surface area contributed by atoms with E-state index in [2.05, 4.69) is 137 Å². The lowest BCUT2D eigenvalue weighted by Gasteiger charge is -2.11. The normalized spacial score (nSPS) is 11.6. The standard InChI is InChI=1S/C40H26N4/c1-2-10-27(11-3-1)29-18-22-35(42-26-29)28-17-20-33-31-12-4-6-14-36(31)43(38(33)24-28)30-19-21-34-32-13-5-7-15-37(32)44(39(34)25-30)40-16-8-9-23-41-40/h1-26H. The Morgan fingerprint density at radius 2 is 1.02 bits per heavy atom. The average Bonchev–Trinajstić information content (AvgIpc) is 3.61. The zero-order valence-electron chi connectivity index (χ0n) is 23.8. The Labute approximate surface area is 254 Å². The predicted molar refractivity (Wildman–Crippen MR) is 182 cm³/mol. The van der Waals surface area contributed by atoms with Crippen molar-refractivity contribution in [2.24, 2.45) is 0 Å². The highest BCUT2D eigenvalue weighted by molar-refractivity contribution is 6.12. The summed E-state index contributed by atoms with van der Waals surface area (Å²) in [7, 11) is 0. The maximum Gasteiger partial charge on any atom is 0.137 e. The van der Waals surface area contributed by atoms with Crippen molar-refractivity contribution in [1.82, 2.24) is 19.1 Å². The summed E-state index contributed by atoms with van der Waals surface area (Å²) in [4.78, 5) is 9.61. The van der Waals surface area contributed by atoms with Gasteiger partial charge in [-0.15, -0.1) is 0 Å². The third-order valence-corrected chi connectivity index (χ3v) is 8.63. The van der Waals surface area contributed by atoms with Gasteiger partial charge in [0.15, 0.2) is 0 Å². The van der Waals surface area contributed by atoms with Crippen molar-refractivity contribution < 1.29 is 0 Å². The third-order valence-electron chi connectivity index (χ3n) is 8.63. The van der Waals surface area contributed by atoms with E-state index < -0.39 is 0 Å². The topological polar surface area (TPSA) is 35.6 Å². The number of pyridine rings is 2. The Kier molecular flexibility index (Phi) is 5.47. The van der Waals surface area contributed by atoms with Gasteiger partial charge >= 0.3 is 0 Å². The first kappa shape index (κ1) is 24.6. The number of benzene rings is 5. The van der Waals surface area contributed by atoms with Crippen LogP contribution < -0.4 is 0 Å². The molecule has 206 valence electrons. The number of nitrogens with zero attached hydrogens (tertiary/aromatic N) is 4. The van der Waals surface area contributed by atoms with Crippen molar-refractivity contribution >= 4 is 43.6 Å². The molecule has 0 saturated carbocycles. The molecule has 0 aliphatic heterocycles. The zero-order valence-corrected chi connectivity index (χ0v) is 23.8. The van der Waals surface area contributed by atoms with Crippen LogP contribution in [-0.4, -0.2) is 19.1 Å². The highest BCUT2D eigenvalue weighted by Gasteiger charge is 2.17. The van der Waals surface area contributed by atoms with Gasteiger partial charge in [-0.1, -0.05) is 97.1 Å². The number of hydrogen-bond acceptors (Lipinski definition) is 2.